The molecule has 0 saturated heterocycles. The van der Waals surface area contributed by atoms with Gasteiger partial charge in [-0.3, -0.25) is 0 Å². The Morgan fingerprint density at radius 3 is 2.67 bits per heavy atom. The Morgan fingerprint density at radius 1 is 1.17 bits per heavy atom. The maximum atomic E-state index is 5.78. The minimum Gasteiger partial charge on any atom is -0.493 e. The lowest BCUT2D eigenvalue weighted by molar-refractivity contribution is 0.171. The molecule has 3 heteroatoms. The van der Waals surface area contributed by atoms with Crippen molar-refractivity contribution >= 4 is 0 Å². The van der Waals surface area contributed by atoms with Crippen LogP contribution in [0.25, 0.3) is 0 Å². The fourth-order valence-corrected chi connectivity index (χ4v) is 1.67. The quantitative estimate of drug-likeness (QED) is 0.685. The summed E-state index contributed by atoms with van der Waals surface area (Å²) in [5.41, 5.74) is 1.22. The molecular formula is C15H25NO2. The number of hydrogen-bond acceptors (Lipinski definition) is 3. The summed E-state index contributed by atoms with van der Waals surface area (Å²) in [5.74, 6) is 1.64. The van der Waals surface area contributed by atoms with Gasteiger partial charge in [0.25, 0.3) is 0 Å². The first-order valence-corrected chi connectivity index (χ1v) is 6.64. The number of rotatable bonds is 9. The van der Waals surface area contributed by atoms with Crippen molar-refractivity contribution in [1.82, 2.24) is 5.32 Å². The molecule has 0 amide bonds. The van der Waals surface area contributed by atoms with Crippen molar-refractivity contribution in [2.45, 2.75) is 26.8 Å². The first kappa shape index (κ1) is 15.0. The van der Waals surface area contributed by atoms with E-state index in [0.717, 1.165) is 31.9 Å². The van der Waals surface area contributed by atoms with Crippen molar-refractivity contribution in [1.29, 1.82) is 0 Å². The van der Waals surface area contributed by atoms with Crippen LogP contribution in [0.2, 0.25) is 0 Å². The lowest BCUT2D eigenvalue weighted by Gasteiger charge is -2.13. The average molecular weight is 251 g/mol. The molecule has 102 valence electrons. The molecule has 1 aromatic carbocycles. The van der Waals surface area contributed by atoms with Crippen molar-refractivity contribution in [3.63, 3.8) is 0 Å². The second kappa shape index (κ2) is 8.95. The molecule has 0 atom stereocenters. The van der Waals surface area contributed by atoms with Crippen molar-refractivity contribution in [3.8, 4) is 5.75 Å². The molecular weight excluding hydrogens is 226 g/mol. The number of methoxy groups -OCH3 is 1. The predicted octanol–water partition coefficient (Wildman–Crippen LogP) is 2.85. The van der Waals surface area contributed by atoms with E-state index in [1.165, 1.54) is 5.56 Å². The Labute approximate surface area is 110 Å². The Balaban J connectivity index is 2.40. The molecule has 1 rings (SSSR count). The molecule has 0 spiro atoms. The fraction of sp³-hybridized carbons (Fsp3) is 0.600. The Bertz CT molecular complexity index is 326. The van der Waals surface area contributed by atoms with Gasteiger partial charge in [0.2, 0.25) is 0 Å². The van der Waals surface area contributed by atoms with E-state index in [0.29, 0.717) is 12.5 Å². The van der Waals surface area contributed by atoms with Gasteiger partial charge in [0.05, 0.1) is 6.61 Å². The summed E-state index contributed by atoms with van der Waals surface area (Å²) in [4.78, 5) is 0. The molecule has 1 N–H and O–H groups in total. The first-order chi connectivity index (χ1) is 8.74. The van der Waals surface area contributed by atoms with E-state index in [-0.39, 0.29) is 0 Å². The second-order valence-electron chi connectivity index (χ2n) is 4.83. The van der Waals surface area contributed by atoms with Crippen LogP contribution in [-0.2, 0) is 11.3 Å². The van der Waals surface area contributed by atoms with E-state index in [9.17, 15) is 0 Å². The monoisotopic (exact) mass is 251 g/mol. The third-order valence-electron chi connectivity index (χ3n) is 2.59. The van der Waals surface area contributed by atoms with Gasteiger partial charge < -0.3 is 14.8 Å². The van der Waals surface area contributed by atoms with Gasteiger partial charge in [-0.15, -0.1) is 0 Å². The lowest BCUT2D eigenvalue weighted by Crippen LogP contribution is -2.19. The molecule has 0 saturated carbocycles. The summed E-state index contributed by atoms with van der Waals surface area (Å²) < 4.78 is 10.8. The van der Waals surface area contributed by atoms with Crippen LogP contribution in [0.15, 0.2) is 24.3 Å². The van der Waals surface area contributed by atoms with Crippen LogP contribution in [0.4, 0.5) is 0 Å². The largest absolute Gasteiger partial charge is 0.493 e. The first-order valence-electron chi connectivity index (χ1n) is 6.64. The summed E-state index contributed by atoms with van der Waals surface area (Å²) >= 11 is 0. The fourth-order valence-electron chi connectivity index (χ4n) is 1.67. The van der Waals surface area contributed by atoms with E-state index >= 15 is 0 Å². The average Bonchev–Trinajstić information content (AvgIpc) is 2.36. The van der Waals surface area contributed by atoms with Crippen LogP contribution < -0.4 is 10.1 Å². The molecule has 0 aliphatic carbocycles. The Hall–Kier alpha value is -1.06. The summed E-state index contributed by atoms with van der Waals surface area (Å²) in [5, 5.41) is 3.44. The zero-order valence-corrected chi connectivity index (χ0v) is 11.7. The minimum atomic E-state index is 0.666. The summed E-state index contributed by atoms with van der Waals surface area (Å²) in [6.45, 7) is 7.75. The lowest BCUT2D eigenvalue weighted by atomic mass is 10.2. The van der Waals surface area contributed by atoms with Crippen molar-refractivity contribution in [2.75, 3.05) is 26.9 Å². The number of para-hydroxylation sites is 1. The van der Waals surface area contributed by atoms with Crippen LogP contribution in [0.1, 0.15) is 25.8 Å². The van der Waals surface area contributed by atoms with Gasteiger partial charge in [0, 0.05) is 32.2 Å². The van der Waals surface area contributed by atoms with E-state index in [4.69, 9.17) is 9.47 Å². The third-order valence-corrected chi connectivity index (χ3v) is 2.59. The minimum absolute atomic E-state index is 0.666. The highest BCUT2D eigenvalue weighted by Gasteiger charge is 2.03. The second-order valence-corrected chi connectivity index (χ2v) is 4.83. The molecule has 3 nitrogen and oxygen atoms in total. The van der Waals surface area contributed by atoms with E-state index in [2.05, 4.69) is 31.3 Å². The predicted molar refractivity (Wildman–Crippen MR) is 75.0 cm³/mol. The van der Waals surface area contributed by atoms with Crippen molar-refractivity contribution < 1.29 is 9.47 Å². The SMILES string of the molecule is COCCCOc1ccccc1CNCC(C)C. The zero-order chi connectivity index (χ0) is 13.2. The van der Waals surface area contributed by atoms with Gasteiger partial charge in [0.1, 0.15) is 5.75 Å². The molecule has 0 aliphatic heterocycles. The smallest absolute Gasteiger partial charge is 0.123 e. The molecule has 0 bridgehead atoms. The van der Waals surface area contributed by atoms with E-state index < -0.39 is 0 Å². The number of ether oxygens (including phenoxy) is 2. The Morgan fingerprint density at radius 2 is 1.94 bits per heavy atom. The van der Waals surface area contributed by atoms with E-state index in [1.54, 1.807) is 7.11 Å². The number of hydrogen-bond donors (Lipinski definition) is 1. The highest BCUT2D eigenvalue weighted by Crippen LogP contribution is 2.17. The van der Waals surface area contributed by atoms with Crippen LogP contribution in [-0.4, -0.2) is 26.9 Å². The molecule has 0 radical (unpaired) electrons. The van der Waals surface area contributed by atoms with Gasteiger partial charge in [-0.05, 0) is 18.5 Å². The summed E-state index contributed by atoms with van der Waals surface area (Å²) in [6, 6.07) is 8.20. The van der Waals surface area contributed by atoms with Gasteiger partial charge in [-0.25, -0.2) is 0 Å². The van der Waals surface area contributed by atoms with Gasteiger partial charge in [-0.2, -0.15) is 0 Å². The van der Waals surface area contributed by atoms with Crippen LogP contribution in [0, 0.1) is 5.92 Å². The number of nitrogens with one attached hydrogen (secondary N) is 1. The topological polar surface area (TPSA) is 30.5 Å². The van der Waals surface area contributed by atoms with Gasteiger partial charge in [0.15, 0.2) is 0 Å². The molecule has 0 aromatic heterocycles. The Kier molecular flexibility index (Phi) is 7.46. The van der Waals surface area contributed by atoms with Gasteiger partial charge in [-0.1, -0.05) is 32.0 Å². The normalized spacial score (nSPS) is 10.9. The zero-order valence-electron chi connectivity index (χ0n) is 11.7. The maximum absolute atomic E-state index is 5.78. The molecule has 0 unspecified atom stereocenters. The van der Waals surface area contributed by atoms with Crippen molar-refractivity contribution in [2.24, 2.45) is 5.92 Å². The van der Waals surface area contributed by atoms with Gasteiger partial charge >= 0.3 is 0 Å². The maximum Gasteiger partial charge on any atom is 0.123 e. The highest BCUT2D eigenvalue weighted by atomic mass is 16.5. The van der Waals surface area contributed by atoms with Crippen LogP contribution in [0.5, 0.6) is 5.75 Å². The van der Waals surface area contributed by atoms with Crippen molar-refractivity contribution in [3.05, 3.63) is 29.8 Å². The standard InChI is InChI=1S/C15H25NO2/c1-13(2)11-16-12-14-7-4-5-8-15(14)18-10-6-9-17-3/h4-5,7-8,13,16H,6,9-12H2,1-3H3. The van der Waals surface area contributed by atoms with Crippen LogP contribution in [0.3, 0.4) is 0 Å². The molecule has 0 heterocycles. The summed E-state index contributed by atoms with van der Waals surface area (Å²) in [7, 11) is 1.71. The molecule has 0 fully saturated rings. The third kappa shape index (κ3) is 6.03. The van der Waals surface area contributed by atoms with Crippen LogP contribution >= 0.6 is 0 Å². The molecule has 18 heavy (non-hydrogen) atoms. The van der Waals surface area contributed by atoms with E-state index in [1.807, 2.05) is 12.1 Å². The highest BCUT2D eigenvalue weighted by molar-refractivity contribution is 5.33. The molecule has 1 aromatic rings. The number of benzene rings is 1. The summed E-state index contributed by atoms with van der Waals surface area (Å²) in [6.07, 6.45) is 0.921. The molecule has 0 aliphatic rings.